The Kier molecular flexibility index (Phi) is 1.61. The smallest absolute Gasteiger partial charge is 0.191 e. The van der Waals surface area contributed by atoms with Crippen molar-refractivity contribution in [1.29, 1.82) is 0 Å². The number of nitrogen functional groups attached to an aromatic ring is 1. The fraction of sp³-hybridized carbons (Fsp3) is 0.333. The molecule has 1 fully saturated rings. The molecule has 2 aromatic rings. The van der Waals surface area contributed by atoms with Crippen LogP contribution in [0.2, 0.25) is 0 Å². The Hall–Kier alpha value is -1.36. The lowest BCUT2D eigenvalue weighted by Crippen LogP contribution is -1.80. The Morgan fingerprint density at radius 3 is 2.93 bits per heavy atom. The summed E-state index contributed by atoms with van der Waals surface area (Å²) in [5, 5.41) is 7.96. The third kappa shape index (κ3) is 1.29. The third-order valence-corrected chi connectivity index (χ3v) is 3.22. The molecule has 4 nitrogen and oxygen atoms in total. The molecule has 0 amide bonds. The third-order valence-electron chi connectivity index (χ3n) is 2.31. The minimum Gasteiger partial charge on any atom is -0.391 e. The number of H-pyrrole nitrogens is 1. The summed E-state index contributed by atoms with van der Waals surface area (Å²) < 4.78 is 0. The predicted octanol–water partition coefficient (Wildman–Crippen LogP) is 1.99. The van der Waals surface area contributed by atoms with Crippen LogP contribution in [0.5, 0.6) is 0 Å². The molecule has 0 radical (unpaired) electrons. The second-order valence-electron chi connectivity index (χ2n) is 3.52. The fourth-order valence-corrected chi connectivity index (χ4v) is 2.11. The molecule has 0 spiro atoms. The lowest BCUT2D eigenvalue weighted by atomic mass is 10.4. The zero-order valence-corrected chi connectivity index (χ0v) is 8.34. The van der Waals surface area contributed by atoms with Crippen LogP contribution in [0.1, 0.15) is 24.6 Å². The molecule has 2 heterocycles. The van der Waals surface area contributed by atoms with Crippen molar-refractivity contribution in [1.82, 2.24) is 15.2 Å². The second kappa shape index (κ2) is 2.81. The first kappa shape index (κ1) is 7.99. The first-order valence-corrected chi connectivity index (χ1v) is 5.42. The van der Waals surface area contributed by atoms with Crippen molar-refractivity contribution >= 4 is 16.3 Å². The van der Waals surface area contributed by atoms with Crippen LogP contribution in [0.3, 0.4) is 0 Å². The SMILES string of the molecule is Nc1ccc(-c2n[nH]c(C3CC3)n2)s1. The lowest BCUT2D eigenvalue weighted by Gasteiger charge is -1.85. The number of nitrogens with zero attached hydrogens (tertiary/aromatic N) is 2. The molecule has 3 N–H and O–H groups in total. The number of rotatable bonds is 2. The van der Waals surface area contributed by atoms with Gasteiger partial charge in [0.1, 0.15) is 5.82 Å². The quantitative estimate of drug-likeness (QED) is 0.789. The minimum absolute atomic E-state index is 0.619. The van der Waals surface area contributed by atoms with E-state index in [2.05, 4.69) is 15.2 Å². The minimum atomic E-state index is 0.619. The van der Waals surface area contributed by atoms with Crippen LogP contribution in [0, 0.1) is 0 Å². The molecule has 5 heteroatoms. The van der Waals surface area contributed by atoms with Crippen molar-refractivity contribution in [3.05, 3.63) is 18.0 Å². The van der Waals surface area contributed by atoms with E-state index in [0.717, 1.165) is 21.5 Å². The summed E-state index contributed by atoms with van der Waals surface area (Å²) >= 11 is 1.52. The Morgan fingerprint density at radius 2 is 2.29 bits per heavy atom. The molecule has 3 rings (SSSR count). The van der Waals surface area contributed by atoms with Gasteiger partial charge in [0.2, 0.25) is 0 Å². The van der Waals surface area contributed by atoms with Gasteiger partial charge in [0.25, 0.3) is 0 Å². The normalized spacial score (nSPS) is 16.0. The van der Waals surface area contributed by atoms with Crippen molar-refractivity contribution in [2.24, 2.45) is 0 Å². The van der Waals surface area contributed by atoms with E-state index in [1.807, 2.05) is 12.1 Å². The number of anilines is 1. The van der Waals surface area contributed by atoms with E-state index < -0.39 is 0 Å². The van der Waals surface area contributed by atoms with Crippen LogP contribution in [0.15, 0.2) is 12.1 Å². The molecule has 0 aliphatic heterocycles. The van der Waals surface area contributed by atoms with Crippen LogP contribution >= 0.6 is 11.3 Å². The zero-order chi connectivity index (χ0) is 9.54. The Bertz CT molecular complexity index is 455. The van der Waals surface area contributed by atoms with E-state index in [-0.39, 0.29) is 0 Å². The summed E-state index contributed by atoms with van der Waals surface area (Å²) in [4.78, 5) is 5.48. The van der Waals surface area contributed by atoms with Crippen molar-refractivity contribution in [2.45, 2.75) is 18.8 Å². The summed E-state index contributed by atoms with van der Waals surface area (Å²) in [7, 11) is 0. The molecule has 1 saturated carbocycles. The summed E-state index contributed by atoms with van der Waals surface area (Å²) in [6.45, 7) is 0. The van der Waals surface area contributed by atoms with Crippen molar-refractivity contribution in [2.75, 3.05) is 5.73 Å². The van der Waals surface area contributed by atoms with Gasteiger partial charge in [0.15, 0.2) is 5.82 Å². The Morgan fingerprint density at radius 1 is 1.43 bits per heavy atom. The highest BCUT2D eigenvalue weighted by atomic mass is 32.1. The molecular weight excluding hydrogens is 196 g/mol. The molecule has 0 saturated heterocycles. The summed E-state index contributed by atoms with van der Waals surface area (Å²) in [6, 6.07) is 3.84. The number of hydrogen-bond donors (Lipinski definition) is 2. The van der Waals surface area contributed by atoms with Crippen LogP contribution < -0.4 is 5.73 Å². The molecule has 0 atom stereocenters. The average Bonchev–Trinajstić information content (AvgIpc) is 2.76. The van der Waals surface area contributed by atoms with Gasteiger partial charge in [-0.25, -0.2) is 4.98 Å². The Balaban J connectivity index is 1.95. The van der Waals surface area contributed by atoms with Crippen LogP contribution in [0.4, 0.5) is 5.00 Å². The molecule has 0 unspecified atom stereocenters. The highest BCUT2D eigenvalue weighted by molar-refractivity contribution is 7.19. The zero-order valence-electron chi connectivity index (χ0n) is 7.53. The van der Waals surface area contributed by atoms with Gasteiger partial charge >= 0.3 is 0 Å². The predicted molar refractivity (Wildman–Crippen MR) is 56.1 cm³/mol. The van der Waals surface area contributed by atoms with E-state index in [1.54, 1.807) is 0 Å². The van der Waals surface area contributed by atoms with E-state index in [0.29, 0.717) is 5.92 Å². The number of nitrogens with two attached hydrogens (primary N) is 1. The van der Waals surface area contributed by atoms with E-state index >= 15 is 0 Å². The van der Waals surface area contributed by atoms with E-state index in [9.17, 15) is 0 Å². The highest BCUT2D eigenvalue weighted by Crippen LogP contribution is 2.38. The average molecular weight is 206 g/mol. The van der Waals surface area contributed by atoms with Gasteiger partial charge in [-0.15, -0.1) is 11.3 Å². The summed E-state index contributed by atoms with van der Waals surface area (Å²) in [5.41, 5.74) is 5.65. The van der Waals surface area contributed by atoms with Crippen LogP contribution in [-0.4, -0.2) is 15.2 Å². The molecule has 72 valence electrons. The van der Waals surface area contributed by atoms with Crippen molar-refractivity contribution in [3.8, 4) is 10.7 Å². The van der Waals surface area contributed by atoms with Crippen molar-refractivity contribution in [3.63, 3.8) is 0 Å². The van der Waals surface area contributed by atoms with Gasteiger partial charge in [0, 0.05) is 5.92 Å². The highest BCUT2D eigenvalue weighted by Gasteiger charge is 2.27. The number of thiophene rings is 1. The Labute approximate surface area is 85.2 Å². The van der Waals surface area contributed by atoms with E-state index in [1.165, 1.54) is 24.2 Å². The van der Waals surface area contributed by atoms with Crippen molar-refractivity contribution < 1.29 is 0 Å². The molecule has 1 aliphatic carbocycles. The maximum absolute atomic E-state index is 5.65. The molecule has 0 bridgehead atoms. The standard InChI is InChI=1S/C9H10N4S/c10-7-4-3-6(14-7)9-11-8(12-13-9)5-1-2-5/h3-5H,1-2,10H2,(H,11,12,13). The lowest BCUT2D eigenvalue weighted by molar-refractivity contribution is 0.935. The first-order chi connectivity index (χ1) is 6.83. The molecule has 0 aromatic carbocycles. The number of aromatic amines is 1. The van der Waals surface area contributed by atoms with Gasteiger partial charge in [0.05, 0.1) is 9.88 Å². The van der Waals surface area contributed by atoms with Gasteiger partial charge in [-0.2, -0.15) is 5.10 Å². The number of nitrogens with one attached hydrogen (secondary N) is 1. The fourth-order valence-electron chi connectivity index (χ4n) is 1.40. The van der Waals surface area contributed by atoms with Gasteiger partial charge < -0.3 is 5.73 Å². The molecule has 2 aromatic heterocycles. The largest absolute Gasteiger partial charge is 0.391 e. The topological polar surface area (TPSA) is 67.6 Å². The van der Waals surface area contributed by atoms with Gasteiger partial charge in [-0.05, 0) is 25.0 Å². The second-order valence-corrected chi connectivity index (χ2v) is 4.64. The van der Waals surface area contributed by atoms with Gasteiger partial charge in [-0.1, -0.05) is 0 Å². The van der Waals surface area contributed by atoms with E-state index in [4.69, 9.17) is 5.73 Å². The number of hydrogen-bond acceptors (Lipinski definition) is 4. The summed E-state index contributed by atoms with van der Waals surface area (Å²) in [5.74, 6) is 2.41. The van der Waals surface area contributed by atoms with Gasteiger partial charge in [-0.3, -0.25) is 5.10 Å². The maximum Gasteiger partial charge on any atom is 0.191 e. The molecule has 14 heavy (non-hydrogen) atoms. The summed E-state index contributed by atoms with van der Waals surface area (Å²) in [6.07, 6.45) is 2.47. The molecular formula is C9H10N4S. The van der Waals surface area contributed by atoms with Crippen LogP contribution in [0.25, 0.3) is 10.7 Å². The molecule has 1 aliphatic rings. The monoisotopic (exact) mass is 206 g/mol. The van der Waals surface area contributed by atoms with Crippen LogP contribution in [-0.2, 0) is 0 Å². The first-order valence-electron chi connectivity index (χ1n) is 4.61. The number of aromatic nitrogens is 3. The maximum atomic E-state index is 5.65.